The highest BCUT2D eigenvalue weighted by Gasteiger charge is 2.39. The predicted octanol–water partition coefficient (Wildman–Crippen LogP) is 7.48. The number of nitrogens with zero attached hydrogens (tertiary/aromatic N) is 2. The van der Waals surface area contributed by atoms with Crippen molar-refractivity contribution in [1.82, 2.24) is 0 Å². The summed E-state index contributed by atoms with van der Waals surface area (Å²) in [6.45, 7) is 3.79. The summed E-state index contributed by atoms with van der Waals surface area (Å²) < 4.78 is 39.4. The van der Waals surface area contributed by atoms with Gasteiger partial charge in [0.05, 0.1) is 18.8 Å². The highest BCUT2D eigenvalue weighted by Crippen LogP contribution is 2.36. The van der Waals surface area contributed by atoms with Crippen LogP contribution >= 0.6 is 0 Å². The maximum absolute atomic E-state index is 13.5. The van der Waals surface area contributed by atoms with Crippen molar-refractivity contribution in [2.75, 3.05) is 42.6 Å². The zero-order valence-corrected chi connectivity index (χ0v) is 27.3. The smallest absolute Gasteiger partial charge is 0.161 e. The minimum absolute atomic E-state index is 0.0298. The molecule has 0 saturated carbocycles. The summed E-state index contributed by atoms with van der Waals surface area (Å²) >= 11 is 0. The Balaban J connectivity index is 1.10. The summed E-state index contributed by atoms with van der Waals surface area (Å²) in [6.07, 6.45) is 2.22. The fourth-order valence-electron chi connectivity index (χ4n) is 7.27. The third kappa shape index (κ3) is 8.65. The van der Waals surface area contributed by atoms with E-state index in [4.69, 9.17) is 9.47 Å². The van der Waals surface area contributed by atoms with Crippen LogP contribution in [0.1, 0.15) is 37.7 Å². The molecule has 8 heteroatoms. The second kappa shape index (κ2) is 16.3. The van der Waals surface area contributed by atoms with Crippen molar-refractivity contribution >= 4 is 11.4 Å². The van der Waals surface area contributed by atoms with Gasteiger partial charge in [0, 0.05) is 43.5 Å². The molecule has 0 aromatic heterocycles. The summed E-state index contributed by atoms with van der Waals surface area (Å²) in [4.78, 5) is 4.46. The molecule has 0 radical (unpaired) electrons. The molecule has 2 N–H and O–H groups in total. The molecule has 2 unspecified atom stereocenters. The lowest BCUT2D eigenvalue weighted by molar-refractivity contribution is -0.0584. The molecule has 2 fully saturated rings. The van der Waals surface area contributed by atoms with Gasteiger partial charge in [0.1, 0.15) is 18.2 Å². The second-order valence-corrected chi connectivity index (χ2v) is 13.1. The Kier molecular flexibility index (Phi) is 11.5. The van der Waals surface area contributed by atoms with Crippen molar-refractivity contribution < 1.29 is 28.5 Å². The van der Waals surface area contributed by atoms with E-state index in [0.717, 1.165) is 68.8 Å². The Morgan fingerprint density at radius 1 is 0.583 bits per heavy atom. The van der Waals surface area contributed by atoms with Gasteiger partial charge >= 0.3 is 0 Å². The topological polar surface area (TPSA) is 65.4 Å². The highest BCUT2D eigenvalue weighted by atomic mass is 19.1. The first kappa shape index (κ1) is 33.7. The molecule has 2 aliphatic rings. The van der Waals surface area contributed by atoms with Gasteiger partial charge in [0.15, 0.2) is 11.5 Å². The van der Waals surface area contributed by atoms with Crippen molar-refractivity contribution in [3.05, 3.63) is 120 Å². The normalized spacial score (nSPS) is 17.9. The van der Waals surface area contributed by atoms with Crippen molar-refractivity contribution in [3.8, 4) is 11.5 Å². The molecule has 4 aromatic rings. The maximum atomic E-state index is 13.5. The monoisotopic (exact) mass is 656 g/mol. The minimum Gasteiger partial charge on any atom is -0.490 e. The summed E-state index contributed by atoms with van der Waals surface area (Å²) in [6, 6.07) is 30.7. The van der Waals surface area contributed by atoms with Crippen LogP contribution in [-0.4, -0.2) is 55.2 Å². The van der Waals surface area contributed by atoms with Crippen LogP contribution < -0.4 is 19.3 Å². The van der Waals surface area contributed by atoms with Crippen LogP contribution in [0.15, 0.2) is 103 Å². The molecule has 0 aliphatic carbocycles. The molecule has 2 heterocycles. The average Bonchev–Trinajstić information content (AvgIpc) is 3.14. The van der Waals surface area contributed by atoms with Gasteiger partial charge in [0.2, 0.25) is 0 Å². The molecule has 0 spiro atoms. The summed E-state index contributed by atoms with van der Waals surface area (Å²) in [5, 5.41) is 23.8. The standard InChI is InChI=1S/C40H46F2N2O4/c41-32-10-14-34(15-11-32)43-23-18-30(19-24-43)39(45)36(40(46)31-20-25-44(26-21-31)35-16-12-33(42)13-17-35)22-27-47-37-8-4-5-9-38(37)48-28-29-6-2-1-3-7-29/h1-17,30-31,36,39-40,45-46H,18-28H2. The van der Waals surface area contributed by atoms with Crippen LogP contribution in [-0.2, 0) is 6.61 Å². The fourth-order valence-corrected chi connectivity index (χ4v) is 7.27. The molecule has 2 atom stereocenters. The Bertz CT molecular complexity index is 1470. The molecule has 6 rings (SSSR count). The van der Waals surface area contributed by atoms with E-state index in [1.807, 2.05) is 54.6 Å². The highest BCUT2D eigenvalue weighted by molar-refractivity contribution is 5.47. The number of anilines is 2. The number of hydrogen-bond donors (Lipinski definition) is 2. The maximum Gasteiger partial charge on any atom is 0.161 e. The zero-order chi connectivity index (χ0) is 33.3. The van der Waals surface area contributed by atoms with E-state index < -0.39 is 12.2 Å². The lowest BCUT2D eigenvalue weighted by atomic mass is 9.75. The number of hydrogen-bond acceptors (Lipinski definition) is 6. The van der Waals surface area contributed by atoms with Gasteiger partial charge in [-0.05, 0) is 110 Å². The van der Waals surface area contributed by atoms with Gasteiger partial charge in [-0.25, -0.2) is 8.78 Å². The third-order valence-corrected chi connectivity index (χ3v) is 10.1. The van der Waals surface area contributed by atoms with Gasteiger partial charge < -0.3 is 29.5 Å². The van der Waals surface area contributed by atoms with Crippen molar-refractivity contribution in [2.24, 2.45) is 17.8 Å². The lowest BCUT2D eigenvalue weighted by Crippen LogP contribution is -2.47. The fraction of sp³-hybridized carbons (Fsp3) is 0.400. The summed E-state index contributed by atoms with van der Waals surface area (Å²) in [5.41, 5.74) is 3.03. The Morgan fingerprint density at radius 2 is 1.02 bits per heavy atom. The lowest BCUT2D eigenvalue weighted by Gasteiger charge is -2.42. The molecule has 6 nitrogen and oxygen atoms in total. The van der Waals surface area contributed by atoms with E-state index >= 15 is 0 Å². The molecule has 254 valence electrons. The number of aliphatic hydroxyl groups is 2. The number of benzene rings is 4. The predicted molar refractivity (Wildman–Crippen MR) is 186 cm³/mol. The van der Waals surface area contributed by atoms with E-state index in [1.54, 1.807) is 24.3 Å². The summed E-state index contributed by atoms with van der Waals surface area (Å²) in [5.74, 6) is 0.474. The van der Waals surface area contributed by atoms with Crippen LogP contribution in [0.4, 0.5) is 20.2 Å². The molecule has 2 aliphatic heterocycles. The largest absolute Gasteiger partial charge is 0.490 e. The van der Waals surface area contributed by atoms with Gasteiger partial charge in [-0.15, -0.1) is 0 Å². The van der Waals surface area contributed by atoms with E-state index in [2.05, 4.69) is 9.80 Å². The Morgan fingerprint density at radius 3 is 1.50 bits per heavy atom. The zero-order valence-electron chi connectivity index (χ0n) is 27.3. The van der Waals surface area contributed by atoms with Crippen molar-refractivity contribution in [3.63, 3.8) is 0 Å². The van der Waals surface area contributed by atoms with Gasteiger partial charge in [-0.2, -0.15) is 0 Å². The number of piperidine rings is 2. The van der Waals surface area contributed by atoms with Crippen LogP contribution in [0, 0.1) is 29.4 Å². The number of ether oxygens (including phenoxy) is 2. The van der Waals surface area contributed by atoms with Crippen LogP contribution in [0.5, 0.6) is 11.5 Å². The van der Waals surface area contributed by atoms with E-state index in [1.165, 1.54) is 24.3 Å². The summed E-state index contributed by atoms with van der Waals surface area (Å²) in [7, 11) is 0. The Labute approximate surface area is 282 Å². The number of rotatable bonds is 13. The van der Waals surface area contributed by atoms with E-state index in [0.29, 0.717) is 31.1 Å². The number of halogens is 2. The van der Waals surface area contributed by atoms with E-state index in [-0.39, 0.29) is 29.4 Å². The van der Waals surface area contributed by atoms with Gasteiger partial charge in [-0.3, -0.25) is 0 Å². The van der Waals surface area contributed by atoms with Gasteiger partial charge in [0.25, 0.3) is 0 Å². The first-order chi connectivity index (χ1) is 23.4. The first-order valence-electron chi connectivity index (χ1n) is 17.2. The van der Waals surface area contributed by atoms with Crippen LogP contribution in [0.25, 0.3) is 0 Å². The Hall–Kier alpha value is -4.14. The molecule has 0 amide bonds. The molecule has 2 saturated heterocycles. The first-order valence-corrected chi connectivity index (χ1v) is 17.2. The van der Waals surface area contributed by atoms with Crippen molar-refractivity contribution in [2.45, 2.75) is 50.9 Å². The van der Waals surface area contributed by atoms with Gasteiger partial charge in [-0.1, -0.05) is 42.5 Å². The number of para-hydroxylation sites is 2. The molecule has 4 aromatic carbocycles. The van der Waals surface area contributed by atoms with E-state index in [9.17, 15) is 19.0 Å². The minimum atomic E-state index is -0.696. The third-order valence-electron chi connectivity index (χ3n) is 10.1. The number of aliphatic hydroxyl groups excluding tert-OH is 2. The molecule has 0 bridgehead atoms. The quantitative estimate of drug-likeness (QED) is 0.156. The molecular formula is C40H46F2N2O4. The molecule has 48 heavy (non-hydrogen) atoms. The second-order valence-electron chi connectivity index (χ2n) is 13.1. The van der Waals surface area contributed by atoms with Crippen molar-refractivity contribution in [1.29, 1.82) is 0 Å². The van der Waals surface area contributed by atoms with Crippen LogP contribution in [0.3, 0.4) is 0 Å². The average molecular weight is 657 g/mol. The SMILES string of the molecule is OC(C1CCN(c2ccc(F)cc2)CC1)C(CCOc1ccccc1OCc1ccccc1)C(O)C1CCN(c2ccc(F)cc2)CC1. The van der Waals surface area contributed by atoms with Crippen LogP contribution in [0.2, 0.25) is 0 Å². The molecular weight excluding hydrogens is 610 g/mol.